The smallest absolute Gasteiger partial charge is 0.249 e. The summed E-state index contributed by atoms with van der Waals surface area (Å²) >= 11 is 0. The number of hydrogen-bond donors (Lipinski definition) is 0. The molecule has 0 aromatic heterocycles. The molecule has 3 heteroatoms. The van der Waals surface area contributed by atoms with Crippen LogP contribution in [0.5, 0.6) is 0 Å². The van der Waals surface area contributed by atoms with Crippen molar-refractivity contribution in [3.8, 4) is 0 Å². The number of hydrogen-bond acceptors (Lipinski definition) is 3. The lowest BCUT2D eigenvalue weighted by molar-refractivity contribution is 0.573. The average Bonchev–Trinajstić information content (AvgIpc) is 2.60. The molecule has 0 aliphatic carbocycles. The highest BCUT2D eigenvalue weighted by Crippen LogP contribution is 2.17. The van der Waals surface area contributed by atoms with Gasteiger partial charge in [0.2, 0.25) is 10.9 Å². The molecule has 0 radical (unpaired) electrons. The van der Waals surface area contributed by atoms with Crippen molar-refractivity contribution in [1.82, 2.24) is 0 Å². The van der Waals surface area contributed by atoms with Crippen molar-refractivity contribution in [2.45, 2.75) is 97.8 Å². The summed E-state index contributed by atoms with van der Waals surface area (Å²) in [6.45, 7) is 8.11. The molecule has 0 spiro atoms. The molecule has 0 saturated carbocycles. The lowest BCUT2D eigenvalue weighted by atomic mass is 10.1. The van der Waals surface area contributed by atoms with E-state index in [0.717, 1.165) is 25.9 Å². The first-order valence-electron chi connectivity index (χ1n) is 10.2. The number of nitrogens with zero attached hydrogens (tertiary/aromatic N) is 1. The molecule has 0 N–H and O–H groups in total. The van der Waals surface area contributed by atoms with Crippen LogP contribution in [0.1, 0.15) is 96.5 Å². The second kappa shape index (κ2) is 12.3. The highest BCUT2D eigenvalue weighted by molar-refractivity contribution is 5.57. The van der Waals surface area contributed by atoms with Gasteiger partial charge in [0.25, 0.3) is 0 Å². The van der Waals surface area contributed by atoms with E-state index in [4.69, 9.17) is 0 Å². The van der Waals surface area contributed by atoms with Crippen molar-refractivity contribution >= 4 is 5.69 Å². The van der Waals surface area contributed by atoms with Crippen LogP contribution in [0.2, 0.25) is 0 Å². The van der Waals surface area contributed by atoms with Gasteiger partial charge in [0, 0.05) is 18.7 Å². The van der Waals surface area contributed by atoms with E-state index in [1.807, 2.05) is 0 Å². The van der Waals surface area contributed by atoms with E-state index >= 15 is 0 Å². The summed E-state index contributed by atoms with van der Waals surface area (Å²) in [6.07, 6.45) is 15.1. The monoisotopic (exact) mass is 335 g/mol. The maximum absolute atomic E-state index is 11.9. The molecule has 0 unspecified atom stereocenters. The Balaban J connectivity index is 2.40. The van der Waals surface area contributed by atoms with Crippen LogP contribution in [0.3, 0.4) is 0 Å². The molecular weight excluding hydrogens is 298 g/mol. The number of anilines is 1. The summed E-state index contributed by atoms with van der Waals surface area (Å²) in [6, 6.07) is 0. The first-order chi connectivity index (χ1) is 11.6. The van der Waals surface area contributed by atoms with Crippen LogP contribution in [0.15, 0.2) is 9.59 Å². The summed E-state index contributed by atoms with van der Waals surface area (Å²) in [5.74, 6) is 0. The second-order valence-corrected chi connectivity index (χ2v) is 7.15. The number of unbranched alkanes of at least 4 members (excludes halogenated alkanes) is 10. The van der Waals surface area contributed by atoms with E-state index in [0.29, 0.717) is 11.3 Å². The second-order valence-electron chi connectivity index (χ2n) is 7.15. The molecule has 1 rings (SSSR count). The molecule has 0 fully saturated rings. The number of rotatable bonds is 15. The average molecular weight is 336 g/mol. The molecular formula is C21H37NO2. The van der Waals surface area contributed by atoms with Gasteiger partial charge in [-0.2, -0.15) is 0 Å². The molecule has 1 aromatic rings. The largest absolute Gasteiger partial charge is 0.368 e. The maximum Gasteiger partial charge on any atom is 0.249 e. The van der Waals surface area contributed by atoms with E-state index in [9.17, 15) is 9.59 Å². The molecule has 0 aliphatic rings. The fourth-order valence-corrected chi connectivity index (χ4v) is 3.38. The van der Waals surface area contributed by atoms with Crippen molar-refractivity contribution in [2.24, 2.45) is 0 Å². The van der Waals surface area contributed by atoms with Crippen LogP contribution in [0, 0.1) is 6.92 Å². The van der Waals surface area contributed by atoms with Crippen molar-refractivity contribution in [3.05, 3.63) is 26.0 Å². The molecule has 24 heavy (non-hydrogen) atoms. The Morgan fingerprint density at radius 1 is 0.625 bits per heavy atom. The highest BCUT2D eigenvalue weighted by Gasteiger charge is 2.22. The molecule has 0 heterocycles. The summed E-state index contributed by atoms with van der Waals surface area (Å²) in [7, 11) is 0. The fraction of sp³-hybridized carbons (Fsp3) is 0.810. The maximum atomic E-state index is 11.9. The third-order valence-corrected chi connectivity index (χ3v) is 5.00. The first kappa shape index (κ1) is 20.9. The van der Waals surface area contributed by atoms with E-state index in [-0.39, 0.29) is 10.9 Å². The van der Waals surface area contributed by atoms with E-state index in [2.05, 4.69) is 18.7 Å². The molecule has 0 aliphatic heterocycles. The van der Waals surface area contributed by atoms with Crippen LogP contribution < -0.4 is 15.8 Å². The zero-order chi connectivity index (χ0) is 17.8. The van der Waals surface area contributed by atoms with E-state index in [1.165, 1.54) is 64.2 Å². The van der Waals surface area contributed by atoms with Crippen LogP contribution >= 0.6 is 0 Å². The Labute approximate surface area is 148 Å². The summed E-state index contributed by atoms with van der Waals surface area (Å²) in [5.41, 5.74) is 0.851. The van der Waals surface area contributed by atoms with Gasteiger partial charge in [-0.15, -0.1) is 0 Å². The molecule has 138 valence electrons. The highest BCUT2D eigenvalue weighted by atomic mass is 16.2. The predicted octanol–water partition coefficient (Wildman–Crippen LogP) is 5.12. The van der Waals surface area contributed by atoms with E-state index < -0.39 is 0 Å². The SMILES string of the molecule is CCCCCCCCN(CCCCCCCC)c1c(C)c(=O)c1=O. The van der Waals surface area contributed by atoms with Gasteiger partial charge in [0.1, 0.15) is 0 Å². The fourth-order valence-electron chi connectivity index (χ4n) is 3.38. The summed E-state index contributed by atoms with van der Waals surface area (Å²) in [4.78, 5) is 25.6. The normalized spacial score (nSPS) is 11.3. The first-order valence-corrected chi connectivity index (χ1v) is 10.2. The van der Waals surface area contributed by atoms with Gasteiger partial charge >= 0.3 is 0 Å². The van der Waals surface area contributed by atoms with Crippen LogP contribution in [0.25, 0.3) is 0 Å². The Bertz CT molecular complexity index is 498. The lowest BCUT2D eigenvalue weighted by Gasteiger charge is -2.27. The van der Waals surface area contributed by atoms with Crippen LogP contribution in [0.4, 0.5) is 5.69 Å². The van der Waals surface area contributed by atoms with Crippen molar-refractivity contribution in [3.63, 3.8) is 0 Å². The van der Waals surface area contributed by atoms with Gasteiger partial charge in [-0.25, -0.2) is 0 Å². The molecule has 0 amide bonds. The standard InChI is InChI=1S/C21H37NO2/c1-4-6-8-10-12-14-16-22(17-15-13-11-9-7-5-2)19-18(3)20(23)21(19)24/h4-17H2,1-3H3. The molecule has 0 saturated heterocycles. The van der Waals surface area contributed by atoms with Gasteiger partial charge in [-0.05, 0) is 19.8 Å². The zero-order valence-corrected chi connectivity index (χ0v) is 16.2. The van der Waals surface area contributed by atoms with Crippen LogP contribution in [-0.2, 0) is 0 Å². The zero-order valence-electron chi connectivity index (χ0n) is 16.2. The van der Waals surface area contributed by atoms with Crippen molar-refractivity contribution < 1.29 is 0 Å². The topological polar surface area (TPSA) is 37.4 Å². The Kier molecular flexibility index (Phi) is 10.7. The molecule has 3 nitrogen and oxygen atoms in total. The third kappa shape index (κ3) is 6.78. The summed E-state index contributed by atoms with van der Waals surface area (Å²) < 4.78 is 0. The molecule has 0 bridgehead atoms. The van der Waals surface area contributed by atoms with Gasteiger partial charge in [0.15, 0.2) is 0 Å². The van der Waals surface area contributed by atoms with Crippen molar-refractivity contribution in [2.75, 3.05) is 18.0 Å². The summed E-state index contributed by atoms with van der Waals surface area (Å²) in [5, 5.41) is 0. The van der Waals surface area contributed by atoms with Gasteiger partial charge < -0.3 is 4.90 Å². The molecule has 1 aromatic carbocycles. The lowest BCUT2D eigenvalue weighted by Crippen LogP contribution is -2.43. The van der Waals surface area contributed by atoms with Gasteiger partial charge in [-0.1, -0.05) is 78.1 Å². The minimum atomic E-state index is -0.277. The van der Waals surface area contributed by atoms with Gasteiger partial charge in [0.05, 0.1) is 5.69 Å². The minimum Gasteiger partial charge on any atom is -0.368 e. The minimum absolute atomic E-state index is 0.260. The van der Waals surface area contributed by atoms with Crippen LogP contribution in [-0.4, -0.2) is 13.1 Å². The predicted molar refractivity (Wildman–Crippen MR) is 105 cm³/mol. The quantitative estimate of drug-likeness (QED) is 0.330. The van der Waals surface area contributed by atoms with Gasteiger partial charge in [-0.3, -0.25) is 9.59 Å². The van der Waals surface area contributed by atoms with Crippen molar-refractivity contribution in [1.29, 1.82) is 0 Å². The van der Waals surface area contributed by atoms with E-state index in [1.54, 1.807) is 6.92 Å². The Morgan fingerprint density at radius 2 is 1.04 bits per heavy atom. The Morgan fingerprint density at radius 3 is 1.46 bits per heavy atom. The molecule has 0 atom stereocenters. The Hall–Kier alpha value is -1.12. The third-order valence-electron chi connectivity index (χ3n) is 5.00.